The van der Waals surface area contributed by atoms with Gasteiger partial charge in [0.25, 0.3) is 0 Å². The fraction of sp³-hybridized carbons (Fsp3) is 0.333. The van der Waals surface area contributed by atoms with E-state index in [-0.39, 0.29) is 30.4 Å². The second-order valence-electron chi connectivity index (χ2n) is 8.35. The monoisotopic (exact) mass is 497 g/mol. The van der Waals surface area contributed by atoms with Gasteiger partial charge >= 0.3 is 6.03 Å². The number of likely N-dealkylation sites (tertiary alicyclic amines) is 1. The fourth-order valence-corrected chi connectivity index (χ4v) is 4.24. The van der Waals surface area contributed by atoms with Crippen LogP contribution in [-0.2, 0) is 11.8 Å². The number of carbonyl (C=O) groups is 2. The summed E-state index contributed by atoms with van der Waals surface area (Å²) in [5.74, 6) is 1.05. The molecule has 0 aliphatic carbocycles. The Morgan fingerprint density at radius 3 is 2.60 bits per heavy atom. The minimum Gasteiger partial charge on any atom is -0.495 e. The van der Waals surface area contributed by atoms with Gasteiger partial charge in [0.05, 0.1) is 26.0 Å². The number of anilines is 2. The average Bonchev–Trinajstić information content (AvgIpc) is 3.25. The van der Waals surface area contributed by atoms with Crippen molar-refractivity contribution in [3.8, 4) is 5.75 Å². The van der Waals surface area contributed by atoms with Gasteiger partial charge in [-0.3, -0.25) is 19.4 Å². The number of aryl methyl sites for hydroxylation is 1. The fourth-order valence-electron chi connectivity index (χ4n) is 4.12. The van der Waals surface area contributed by atoms with Crippen molar-refractivity contribution < 1.29 is 14.3 Å². The predicted octanol–water partition coefficient (Wildman–Crippen LogP) is 3.10. The number of nitrogens with zero attached hydrogens (tertiary/aromatic N) is 4. The summed E-state index contributed by atoms with van der Waals surface area (Å²) in [5.41, 5.74) is 1.47. The van der Waals surface area contributed by atoms with Crippen molar-refractivity contribution in [3.63, 3.8) is 0 Å². The third-order valence-corrected chi connectivity index (χ3v) is 6.20. The van der Waals surface area contributed by atoms with E-state index in [0.29, 0.717) is 41.8 Å². The van der Waals surface area contributed by atoms with E-state index in [1.807, 2.05) is 12.1 Å². The standard InChI is InChI=1S/C24H28ClN7O3/c1-31-22(9-11-27-31)30-23(33)15-32-12-10-21(19(14-32)20-8-7-18(35-2)13-26-20)29-24(34)28-17-5-3-16(25)4-6-17/h3-9,11,13,19,21H,10,12,14-15H2,1-2H3,(H,30,33)(H2,28,29,34). The van der Waals surface area contributed by atoms with Crippen LogP contribution in [0.25, 0.3) is 0 Å². The number of aromatic nitrogens is 3. The van der Waals surface area contributed by atoms with Crippen molar-refractivity contribution in [2.45, 2.75) is 18.4 Å². The zero-order valence-corrected chi connectivity index (χ0v) is 20.3. The third kappa shape index (κ3) is 6.49. The number of pyridine rings is 1. The maximum atomic E-state index is 12.7. The summed E-state index contributed by atoms with van der Waals surface area (Å²) >= 11 is 5.93. The van der Waals surface area contributed by atoms with Crippen LogP contribution in [0.1, 0.15) is 18.0 Å². The highest BCUT2D eigenvalue weighted by Crippen LogP contribution is 2.27. The zero-order chi connectivity index (χ0) is 24.8. The number of ether oxygens (including phenoxy) is 1. The van der Waals surface area contributed by atoms with Crippen LogP contribution in [0.5, 0.6) is 5.75 Å². The highest BCUT2D eigenvalue weighted by atomic mass is 35.5. The molecule has 0 saturated carbocycles. The summed E-state index contributed by atoms with van der Waals surface area (Å²) in [4.78, 5) is 32.0. The molecule has 1 aromatic carbocycles. The molecular formula is C24H28ClN7O3. The van der Waals surface area contributed by atoms with Crippen LogP contribution in [0.2, 0.25) is 5.02 Å². The lowest BCUT2D eigenvalue weighted by molar-refractivity contribution is -0.117. The van der Waals surface area contributed by atoms with E-state index >= 15 is 0 Å². The molecule has 1 aliphatic rings. The van der Waals surface area contributed by atoms with Gasteiger partial charge < -0.3 is 20.7 Å². The molecule has 0 bridgehead atoms. The lowest BCUT2D eigenvalue weighted by atomic mass is 9.88. The minimum absolute atomic E-state index is 0.116. The van der Waals surface area contributed by atoms with Gasteiger partial charge in [0.15, 0.2) is 0 Å². The Balaban J connectivity index is 1.43. The van der Waals surface area contributed by atoms with Crippen molar-refractivity contribution >= 4 is 35.0 Å². The van der Waals surface area contributed by atoms with Crippen LogP contribution in [0.15, 0.2) is 54.9 Å². The van der Waals surface area contributed by atoms with Crippen LogP contribution < -0.4 is 20.7 Å². The van der Waals surface area contributed by atoms with E-state index in [1.165, 1.54) is 0 Å². The molecule has 184 valence electrons. The smallest absolute Gasteiger partial charge is 0.319 e. The van der Waals surface area contributed by atoms with Crippen molar-refractivity contribution in [2.75, 3.05) is 37.4 Å². The molecule has 0 radical (unpaired) electrons. The summed E-state index contributed by atoms with van der Waals surface area (Å²) in [5, 5.41) is 13.5. The average molecular weight is 498 g/mol. The number of urea groups is 1. The molecule has 1 aliphatic heterocycles. The van der Waals surface area contributed by atoms with E-state index < -0.39 is 0 Å². The Labute approximate surface area is 208 Å². The Bertz CT molecular complexity index is 1150. The van der Waals surface area contributed by atoms with Gasteiger partial charge in [-0.1, -0.05) is 11.6 Å². The molecule has 4 rings (SSSR count). The number of piperidine rings is 1. The van der Waals surface area contributed by atoms with Gasteiger partial charge in [-0.15, -0.1) is 0 Å². The Morgan fingerprint density at radius 1 is 1.14 bits per heavy atom. The third-order valence-electron chi connectivity index (χ3n) is 5.95. The Kier molecular flexibility index (Phi) is 7.84. The molecule has 2 aromatic heterocycles. The second-order valence-corrected chi connectivity index (χ2v) is 8.79. The quantitative estimate of drug-likeness (QED) is 0.462. The molecule has 1 fully saturated rings. The number of methoxy groups -OCH3 is 1. The van der Waals surface area contributed by atoms with E-state index in [9.17, 15) is 9.59 Å². The summed E-state index contributed by atoms with van der Waals surface area (Å²) in [6.45, 7) is 1.43. The number of hydrogen-bond donors (Lipinski definition) is 3. The molecule has 3 heterocycles. The molecule has 11 heteroatoms. The van der Waals surface area contributed by atoms with Crippen molar-refractivity contribution in [2.24, 2.45) is 7.05 Å². The number of amides is 3. The lowest BCUT2D eigenvalue weighted by Gasteiger charge is -2.38. The SMILES string of the molecule is COc1ccc(C2CN(CC(=O)Nc3ccnn3C)CCC2NC(=O)Nc2ccc(Cl)cc2)nc1. The maximum Gasteiger partial charge on any atom is 0.319 e. The zero-order valence-electron chi connectivity index (χ0n) is 19.6. The molecule has 10 nitrogen and oxygen atoms in total. The number of rotatable bonds is 7. The van der Waals surface area contributed by atoms with E-state index in [2.05, 4.69) is 30.9 Å². The van der Waals surface area contributed by atoms with Gasteiger partial charge in [0.2, 0.25) is 5.91 Å². The first-order valence-corrected chi connectivity index (χ1v) is 11.6. The molecule has 1 saturated heterocycles. The highest BCUT2D eigenvalue weighted by Gasteiger charge is 2.33. The molecule has 0 spiro atoms. The van der Waals surface area contributed by atoms with E-state index in [0.717, 1.165) is 5.69 Å². The molecule has 35 heavy (non-hydrogen) atoms. The lowest BCUT2D eigenvalue weighted by Crippen LogP contribution is -2.52. The first kappa shape index (κ1) is 24.5. The molecule has 3 aromatic rings. The molecule has 3 amide bonds. The highest BCUT2D eigenvalue weighted by molar-refractivity contribution is 6.30. The normalized spacial score (nSPS) is 18.0. The number of halogens is 1. The molecule has 2 atom stereocenters. The summed E-state index contributed by atoms with van der Waals surface area (Å²) < 4.78 is 6.84. The van der Waals surface area contributed by atoms with Crippen molar-refractivity contribution in [1.29, 1.82) is 0 Å². The molecule has 2 unspecified atom stereocenters. The van der Waals surface area contributed by atoms with E-state index in [4.69, 9.17) is 16.3 Å². The number of benzene rings is 1. The Hall–Kier alpha value is -3.63. The summed E-state index contributed by atoms with van der Waals surface area (Å²) in [6, 6.07) is 11.9. The summed E-state index contributed by atoms with van der Waals surface area (Å²) in [6.07, 6.45) is 3.95. The number of nitrogens with one attached hydrogen (secondary N) is 3. The van der Waals surface area contributed by atoms with Crippen LogP contribution in [0.3, 0.4) is 0 Å². The van der Waals surface area contributed by atoms with Crippen molar-refractivity contribution in [1.82, 2.24) is 25.0 Å². The van der Waals surface area contributed by atoms with Gasteiger partial charge in [-0.2, -0.15) is 5.10 Å². The van der Waals surface area contributed by atoms with Gasteiger partial charge in [0.1, 0.15) is 11.6 Å². The molecular weight excluding hydrogens is 470 g/mol. The first-order chi connectivity index (χ1) is 16.9. The minimum atomic E-state index is -0.307. The number of carbonyl (C=O) groups excluding carboxylic acids is 2. The van der Waals surface area contributed by atoms with Gasteiger partial charge in [-0.25, -0.2) is 4.79 Å². The largest absolute Gasteiger partial charge is 0.495 e. The second kappa shape index (κ2) is 11.2. The predicted molar refractivity (Wildman–Crippen MR) is 134 cm³/mol. The van der Waals surface area contributed by atoms with Crippen LogP contribution >= 0.6 is 11.6 Å². The topological polar surface area (TPSA) is 113 Å². The number of hydrogen-bond acceptors (Lipinski definition) is 6. The first-order valence-electron chi connectivity index (χ1n) is 11.2. The van der Waals surface area contributed by atoms with Crippen LogP contribution in [0, 0.1) is 0 Å². The van der Waals surface area contributed by atoms with Crippen molar-refractivity contribution in [3.05, 3.63) is 65.6 Å². The maximum absolute atomic E-state index is 12.7. The Morgan fingerprint density at radius 2 is 1.94 bits per heavy atom. The van der Waals surface area contributed by atoms with E-state index in [1.54, 1.807) is 61.6 Å². The van der Waals surface area contributed by atoms with Gasteiger partial charge in [-0.05, 0) is 42.8 Å². The molecule has 3 N–H and O–H groups in total. The summed E-state index contributed by atoms with van der Waals surface area (Å²) in [7, 11) is 3.36. The van der Waals surface area contributed by atoms with Crippen LogP contribution in [-0.4, -0.2) is 64.4 Å². The van der Waals surface area contributed by atoms with Gasteiger partial charge in [0, 0.05) is 54.6 Å². The van der Waals surface area contributed by atoms with Crippen LogP contribution in [0.4, 0.5) is 16.3 Å².